The first-order valence-electron chi connectivity index (χ1n) is 4.85. The molecular formula is C12H15F2N. The van der Waals surface area contributed by atoms with Crippen LogP contribution in [0.25, 0.3) is 0 Å². The summed E-state index contributed by atoms with van der Waals surface area (Å²) in [5.41, 5.74) is 7.49. The lowest BCUT2D eigenvalue weighted by molar-refractivity contribution is 0.504. The lowest BCUT2D eigenvalue weighted by atomic mass is 10.0. The molecule has 15 heavy (non-hydrogen) atoms. The van der Waals surface area contributed by atoms with Crippen LogP contribution in [-0.2, 0) is 0 Å². The quantitative estimate of drug-likeness (QED) is 0.759. The van der Waals surface area contributed by atoms with E-state index in [0.717, 1.165) is 24.1 Å². The Morgan fingerprint density at radius 3 is 2.60 bits per heavy atom. The SMILES string of the molecule is C=C(C)CCC(N)c1ccc(F)c(F)c1. The molecule has 1 aromatic rings. The van der Waals surface area contributed by atoms with E-state index in [2.05, 4.69) is 6.58 Å². The minimum Gasteiger partial charge on any atom is -0.324 e. The van der Waals surface area contributed by atoms with Crippen LogP contribution in [0.5, 0.6) is 0 Å². The first-order chi connectivity index (χ1) is 7.00. The second-order valence-electron chi connectivity index (χ2n) is 3.78. The van der Waals surface area contributed by atoms with Gasteiger partial charge < -0.3 is 5.73 Å². The van der Waals surface area contributed by atoms with Crippen molar-refractivity contribution in [3.05, 3.63) is 47.5 Å². The van der Waals surface area contributed by atoms with Crippen molar-refractivity contribution >= 4 is 0 Å². The Labute approximate surface area is 88.6 Å². The van der Waals surface area contributed by atoms with Gasteiger partial charge in [-0.15, -0.1) is 6.58 Å². The highest BCUT2D eigenvalue weighted by atomic mass is 19.2. The van der Waals surface area contributed by atoms with Crippen molar-refractivity contribution in [2.24, 2.45) is 5.73 Å². The smallest absolute Gasteiger partial charge is 0.159 e. The van der Waals surface area contributed by atoms with E-state index in [9.17, 15) is 8.78 Å². The number of nitrogens with two attached hydrogens (primary N) is 1. The molecule has 0 saturated carbocycles. The van der Waals surface area contributed by atoms with Crippen LogP contribution in [0.15, 0.2) is 30.4 Å². The van der Waals surface area contributed by atoms with E-state index in [1.54, 1.807) is 0 Å². The maximum absolute atomic E-state index is 12.9. The third-order valence-electron chi connectivity index (χ3n) is 2.25. The van der Waals surface area contributed by atoms with E-state index < -0.39 is 11.6 Å². The maximum Gasteiger partial charge on any atom is 0.159 e. The molecule has 1 rings (SSSR count). The summed E-state index contributed by atoms with van der Waals surface area (Å²) in [5, 5.41) is 0. The third kappa shape index (κ3) is 3.44. The third-order valence-corrected chi connectivity index (χ3v) is 2.25. The minimum absolute atomic E-state index is 0.267. The molecule has 1 nitrogen and oxygen atoms in total. The number of allylic oxidation sites excluding steroid dienone is 1. The monoisotopic (exact) mass is 211 g/mol. The summed E-state index contributed by atoms with van der Waals surface area (Å²) in [7, 11) is 0. The second kappa shape index (κ2) is 5.03. The summed E-state index contributed by atoms with van der Waals surface area (Å²) in [5.74, 6) is -1.69. The first kappa shape index (κ1) is 11.9. The van der Waals surface area contributed by atoms with Crippen LogP contribution in [0.3, 0.4) is 0 Å². The Balaban J connectivity index is 2.69. The van der Waals surface area contributed by atoms with Gasteiger partial charge in [-0.2, -0.15) is 0 Å². The van der Waals surface area contributed by atoms with Crippen molar-refractivity contribution in [3.8, 4) is 0 Å². The molecule has 0 aliphatic heterocycles. The molecule has 1 atom stereocenters. The number of hydrogen-bond acceptors (Lipinski definition) is 1. The summed E-state index contributed by atoms with van der Waals surface area (Å²) in [6.45, 7) is 5.68. The van der Waals surface area contributed by atoms with Gasteiger partial charge in [0.1, 0.15) is 0 Å². The fraction of sp³-hybridized carbons (Fsp3) is 0.333. The normalized spacial score (nSPS) is 12.5. The zero-order valence-corrected chi connectivity index (χ0v) is 8.76. The van der Waals surface area contributed by atoms with Gasteiger partial charge in [-0.05, 0) is 37.5 Å². The average molecular weight is 211 g/mol. The zero-order chi connectivity index (χ0) is 11.4. The van der Waals surface area contributed by atoms with E-state index in [1.807, 2.05) is 6.92 Å². The van der Waals surface area contributed by atoms with Gasteiger partial charge >= 0.3 is 0 Å². The number of rotatable bonds is 4. The molecule has 0 aromatic heterocycles. The Morgan fingerprint density at radius 2 is 2.07 bits per heavy atom. The summed E-state index contributed by atoms with van der Waals surface area (Å²) in [6, 6.07) is 3.50. The zero-order valence-electron chi connectivity index (χ0n) is 8.76. The Kier molecular flexibility index (Phi) is 3.97. The van der Waals surface area contributed by atoms with Crippen LogP contribution in [-0.4, -0.2) is 0 Å². The van der Waals surface area contributed by atoms with Crippen molar-refractivity contribution in [1.82, 2.24) is 0 Å². The van der Waals surface area contributed by atoms with Crippen molar-refractivity contribution in [1.29, 1.82) is 0 Å². The molecule has 0 heterocycles. The molecule has 0 amide bonds. The van der Waals surface area contributed by atoms with Crippen LogP contribution in [0.4, 0.5) is 8.78 Å². The topological polar surface area (TPSA) is 26.0 Å². The van der Waals surface area contributed by atoms with Gasteiger partial charge in [-0.25, -0.2) is 8.78 Å². The number of halogens is 2. The Hall–Kier alpha value is -1.22. The fourth-order valence-corrected chi connectivity index (χ4v) is 1.31. The summed E-state index contributed by atoms with van der Waals surface area (Å²) >= 11 is 0. The van der Waals surface area contributed by atoms with Crippen molar-refractivity contribution in [2.75, 3.05) is 0 Å². The molecule has 0 bridgehead atoms. The van der Waals surface area contributed by atoms with Gasteiger partial charge in [0.15, 0.2) is 11.6 Å². The Morgan fingerprint density at radius 1 is 1.40 bits per heavy atom. The van der Waals surface area contributed by atoms with E-state index in [1.165, 1.54) is 6.07 Å². The van der Waals surface area contributed by atoms with Gasteiger partial charge in [0.05, 0.1) is 0 Å². The average Bonchev–Trinajstić information content (AvgIpc) is 2.18. The van der Waals surface area contributed by atoms with Gasteiger partial charge in [0, 0.05) is 6.04 Å². The highest BCUT2D eigenvalue weighted by molar-refractivity contribution is 5.21. The standard InChI is InChI=1S/C12H15F2N/c1-8(2)3-6-12(15)9-4-5-10(13)11(14)7-9/h4-5,7,12H,1,3,6,15H2,2H3. The summed E-state index contributed by atoms with van der Waals surface area (Å²) in [6.07, 6.45) is 1.49. The molecule has 1 unspecified atom stereocenters. The van der Waals surface area contributed by atoms with Crippen LogP contribution < -0.4 is 5.73 Å². The van der Waals surface area contributed by atoms with E-state index in [4.69, 9.17) is 5.73 Å². The molecule has 0 fully saturated rings. The van der Waals surface area contributed by atoms with E-state index in [-0.39, 0.29) is 6.04 Å². The number of hydrogen-bond donors (Lipinski definition) is 1. The van der Waals surface area contributed by atoms with Gasteiger partial charge in [-0.1, -0.05) is 11.6 Å². The molecule has 0 aliphatic carbocycles. The minimum atomic E-state index is -0.849. The molecular weight excluding hydrogens is 196 g/mol. The van der Waals surface area contributed by atoms with Crippen LogP contribution >= 0.6 is 0 Å². The fourth-order valence-electron chi connectivity index (χ4n) is 1.31. The van der Waals surface area contributed by atoms with Crippen molar-refractivity contribution < 1.29 is 8.78 Å². The second-order valence-corrected chi connectivity index (χ2v) is 3.78. The van der Waals surface area contributed by atoms with Gasteiger partial charge in [-0.3, -0.25) is 0 Å². The van der Waals surface area contributed by atoms with Crippen LogP contribution in [0.1, 0.15) is 31.4 Å². The lowest BCUT2D eigenvalue weighted by Gasteiger charge is -2.11. The summed E-state index contributed by atoms with van der Waals surface area (Å²) < 4.78 is 25.5. The number of benzene rings is 1. The largest absolute Gasteiger partial charge is 0.324 e. The van der Waals surface area contributed by atoms with Crippen molar-refractivity contribution in [3.63, 3.8) is 0 Å². The molecule has 82 valence electrons. The van der Waals surface area contributed by atoms with Gasteiger partial charge in [0.25, 0.3) is 0 Å². The highest BCUT2D eigenvalue weighted by Gasteiger charge is 2.09. The van der Waals surface area contributed by atoms with Crippen molar-refractivity contribution in [2.45, 2.75) is 25.8 Å². The summed E-state index contributed by atoms with van der Waals surface area (Å²) in [4.78, 5) is 0. The molecule has 0 aliphatic rings. The predicted octanol–water partition coefficient (Wildman–Crippen LogP) is 3.32. The molecule has 0 radical (unpaired) electrons. The molecule has 0 saturated heterocycles. The van der Waals surface area contributed by atoms with E-state index in [0.29, 0.717) is 12.0 Å². The molecule has 2 N–H and O–H groups in total. The maximum atomic E-state index is 12.9. The van der Waals surface area contributed by atoms with E-state index >= 15 is 0 Å². The molecule has 0 spiro atoms. The highest BCUT2D eigenvalue weighted by Crippen LogP contribution is 2.19. The predicted molar refractivity (Wildman–Crippen MR) is 57.3 cm³/mol. The first-order valence-corrected chi connectivity index (χ1v) is 4.85. The van der Waals surface area contributed by atoms with Crippen LogP contribution in [0.2, 0.25) is 0 Å². The lowest BCUT2D eigenvalue weighted by Crippen LogP contribution is -2.10. The molecule has 1 aromatic carbocycles. The van der Waals surface area contributed by atoms with Gasteiger partial charge in [0.2, 0.25) is 0 Å². The van der Waals surface area contributed by atoms with Crippen LogP contribution in [0, 0.1) is 11.6 Å². The Bertz CT molecular complexity index is 361. The molecule has 3 heteroatoms.